The SMILES string of the molecule is CNc1cc2c(cn1)c(-c1cnn(C)c1)nn2[C@H]1CC[C@@H](OC2=NN(C)C(O)C(C)=C2C)CC1. The van der Waals surface area contributed by atoms with Crippen molar-refractivity contribution in [3.63, 3.8) is 0 Å². The Hall–Kier alpha value is -3.40. The number of hydrogen-bond donors (Lipinski definition) is 2. The maximum atomic E-state index is 10.2. The highest BCUT2D eigenvalue weighted by Gasteiger charge is 2.30. The highest BCUT2D eigenvalue weighted by Crippen LogP contribution is 2.36. The van der Waals surface area contributed by atoms with Crippen LogP contribution in [0.15, 0.2) is 40.9 Å². The number of pyridine rings is 1. The number of likely N-dealkylation sites (N-methyl/N-ethyl adjacent to an activating group) is 1. The van der Waals surface area contributed by atoms with E-state index < -0.39 is 6.23 Å². The zero-order chi connectivity index (χ0) is 24.0. The Kier molecular flexibility index (Phi) is 5.76. The molecule has 1 atom stereocenters. The first-order valence-corrected chi connectivity index (χ1v) is 11.7. The van der Waals surface area contributed by atoms with Gasteiger partial charge in [0.05, 0.1) is 17.8 Å². The van der Waals surface area contributed by atoms with Crippen molar-refractivity contribution in [3.05, 3.63) is 35.8 Å². The summed E-state index contributed by atoms with van der Waals surface area (Å²) in [5.41, 5.74) is 4.76. The van der Waals surface area contributed by atoms with E-state index in [1.807, 2.05) is 46.5 Å². The number of aliphatic hydroxyl groups excluding tert-OH is 1. The van der Waals surface area contributed by atoms with E-state index in [4.69, 9.17) is 9.84 Å². The number of anilines is 1. The summed E-state index contributed by atoms with van der Waals surface area (Å²) in [4.78, 5) is 4.53. The first-order chi connectivity index (χ1) is 16.4. The zero-order valence-electron chi connectivity index (χ0n) is 20.4. The van der Waals surface area contributed by atoms with Gasteiger partial charge in [-0.2, -0.15) is 10.2 Å². The normalized spacial score (nSPS) is 23.4. The van der Waals surface area contributed by atoms with Crippen molar-refractivity contribution < 1.29 is 9.84 Å². The number of fused-ring (bicyclic) bond motifs is 1. The molecular formula is C24H32N8O2. The fraction of sp³-hybridized carbons (Fsp3) is 0.500. The van der Waals surface area contributed by atoms with Crippen molar-refractivity contribution in [2.45, 2.75) is 57.9 Å². The lowest BCUT2D eigenvalue weighted by atomic mass is 9.92. The van der Waals surface area contributed by atoms with Crippen molar-refractivity contribution in [1.82, 2.24) is 29.6 Å². The quantitative estimate of drug-likeness (QED) is 0.610. The van der Waals surface area contributed by atoms with E-state index in [0.29, 0.717) is 5.90 Å². The molecule has 2 N–H and O–H groups in total. The molecule has 0 radical (unpaired) electrons. The molecule has 1 fully saturated rings. The van der Waals surface area contributed by atoms with Crippen LogP contribution < -0.4 is 5.32 Å². The Morgan fingerprint density at radius 1 is 1.12 bits per heavy atom. The third-order valence-corrected chi connectivity index (χ3v) is 7.00. The Balaban J connectivity index is 1.37. The fourth-order valence-electron chi connectivity index (χ4n) is 4.80. The molecule has 10 nitrogen and oxygen atoms in total. The molecule has 5 rings (SSSR count). The summed E-state index contributed by atoms with van der Waals surface area (Å²) in [6, 6.07) is 2.34. The first-order valence-electron chi connectivity index (χ1n) is 11.7. The minimum atomic E-state index is -0.692. The largest absolute Gasteiger partial charge is 0.473 e. The smallest absolute Gasteiger partial charge is 0.234 e. The van der Waals surface area contributed by atoms with E-state index in [1.165, 1.54) is 0 Å². The highest BCUT2D eigenvalue weighted by atomic mass is 16.5. The number of rotatable bonds is 4. The summed E-state index contributed by atoms with van der Waals surface area (Å²) in [5.74, 6) is 1.43. The standard InChI is InChI=1S/C24H32N8O2/c1-14-15(2)24(33)31(5)29-23(14)34-18-8-6-17(7-9-18)32-20-10-21(25-3)26-12-19(20)22(28-32)16-11-27-30(4)13-16/h10-13,17-18,24,33H,6-9H2,1-5H3,(H,25,26)/t17-,18+,24?. The van der Waals surface area contributed by atoms with Gasteiger partial charge in [0.2, 0.25) is 5.90 Å². The molecule has 0 aromatic carbocycles. The van der Waals surface area contributed by atoms with Gasteiger partial charge in [-0.05, 0) is 45.1 Å². The van der Waals surface area contributed by atoms with Crippen molar-refractivity contribution in [1.29, 1.82) is 0 Å². The van der Waals surface area contributed by atoms with Crippen LogP contribution in [0.25, 0.3) is 22.2 Å². The predicted octanol–water partition coefficient (Wildman–Crippen LogP) is 3.29. The van der Waals surface area contributed by atoms with Gasteiger partial charge in [0.15, 0.2) is 6.23 Å². The van der Waals surface area contributed by atoms with Gasteiger partial charge in [0.25, 0.3) is 0 Å². The van der Waals surface area contributed by atoms with E-state index in [-0.39, 0.29) is 12.1 Å². The molecule has 1 aliphatic heterocycles. The third kappa shape index (κ3) is 3.91. The minimum Gasteiger partial charge on any atom is -0.473 e. The second kappa shape index (κ2) is 8.75. The second-order valence-electron chi connectivity index (χ2n) is 9.24. The fourth-order valence-corrected chi connectivity index (χ4v) is 4.80. The number of nitrogens with zero attached hydrogens (tertiary/aromatic N) is 7. The van der Waals surface area contributed by atoms with Crippen LogP contribution in [0.5, 0.6) is 0 Å². The van der Waals surface area contributed by atoms with Gasteiger partial charge in [-0.15, -0.1) is 5.10 Å². The molecule has 0 spiro atoms. The lowest BCUT2D eigenvalue weighted by molar-refractivity contribution is 0.0423. The molecule has 34 heavy (non-hydrogen) atoms. The summed E-state index contributed by atoms with van der Waals surface area (Å²) >= 11 is 0. The molecule has 0 saturated heterocycles. The number of aliphatic hydroxyl groups is 1. The molecule has 4 heterocycles. The predicted molar refractivity (Wildman–Crippen MR) is 131 cm³/mol. The molecule has 180 valence electrons. The molecule has 1 aliphatic carbocycles. The molecule has 3 aromatic rings. The summed E-state index contributed by atoms with van der Waals surface area (Å²) in [7, 11) is 5.55. The summed E-state index contributed by atoms with van der Waals surface area (Å²) in [6.45, 7) is 3.88. The average molecular weight is 465 g/mol. The Labute approximate surface area is 198 Å². The van der Waals surface area contributed by atoms with E-state index in [2.05, 4.69) is 31.2 Å². The summed E-state index contributed by atoms with van der Waals surface area (Å²) in [6.07, 6.45) is 8.87. The molecule has 0 amide bonds. The Morgan fingerprint density at radius 2 is 1.88 bits per heavy atom. The summed E-state index contributed by atoms with van der Waals surface area (Å²) in [5, 5.41) is 29.7. The van der Waals surface area contributed by atoms with Crippen molar-refractivity contribution in [2.24, 2.45) is 12.1 Å². The van der Waals surface area contributed by atoms with Crippen molar-refractivity contribution in [3.8, 4) is 11.3 Å². The van der Waals surface area contributed by atoms with Gasteiger partial charge in [0, 0.05) is 56.1 Å². The lowest BCUT2D eigenvalue weighted by Gasteiger charge is -2.33. The molecule has 10 heteroatoms. The number of ether oxygens (including phenoxy) is 1. The van der Waals surface area contributed by atoms with Gasteiger partial charge in [-0.25, -0.2) is 4.98 Å². The number of nitrogens with one attached hydrogen (secondary N) is 1. The maximum absolute atomic E-state index is 10.2. The van der Waals surface area contributed by atoms with Crippen LogP contribution >= 0.6 is 0 Å². The van der Waals surface area contributed by atoms with E-state index >= 15 is 0 Å². The van der Waals surface area contributed by atoms with Crippen LogP contribution in [-0.4, -0.2) is 67.0 Å². The highest BCUT2D eigenvalue weighted by molar-refractivity contribution is 5.94. The lowest BCUT2D eigenvalue weighted by Crippen LogP contribution is -2.36. The summed E-state index contributed by atoms with van der Waals surface area (Å²) < 4.78 is 10.3. The molecule has 1 unspecified atom stereocenters. The van der Waals surface area contributed by atoms with Crippen LogP contribution in [0.4, 0.5) is 5.82 Å². The Morgan fingerprint density at radius 3 is 2.56 bits per heavy atom. The minimum absolute atomic E-state index is 0.0931. The van der Waals surface area contributed by atoms with E-state index in [9.17, 15) is 5.11 Å². The van der Waals surface area contributed by atoms with Gasteiger partial charge >= 0.3 is 0 Å². The molecule has 2 aliphatic rings. The van der Waals surface area contributed by atoms with Gasteiger partial charge in [0.1, 0.15) is 17.6 Å². The van der Waals surface area contributed by atoms with Crippen LogP contribution in [-0.2, 0) is 11.8 Å². The van der Waals surface area contributed by atoms with Crippen LogP contribution in [0, 0.1) is 0 Å². The molecule has 0 bridgehead atoms. The third-order valence-electron chi connectivity index (χ3n) is 7.00. The first kappa shape index (κ1) is 22.4. The van der Waals surface area contributed by atoms with E-state index in [1.54, 1.807) is 16.7 Å². The molecule has 1 saturated carbocycles. The zero-order valence-corrected chi connectivity index (χ0v) is 20.4. The van der Waals surface area contributed by atoms with Gasteiger partial charge < -0.3 is 15.2 Å². The van der Waals surface area contributed by atoms with Crippen LogP contribution in [0.2, 0.25) is 0 Å². The number of hydrogen-bond acceptors (Lipinski definition) is 8. The average Bonchev–Trinajstić information content (AvgIpc) is 3.44. The number of aromatic nitrogens is 5. The maximum Gasteiger partial charge on any atom is 0.234 e. The van der Waals surface area contributed by atoms with Gasteiger partial charge in [-0.1, -0.05) is 0 Å². The molecule has 3 aromatic heterocycles. The molecular weight excluding hydrogens is 432 g/mol. The van der Waals surface area contributed by atoms with Crippen molar-refractivity contribution >= 4 is 22.6 Å². The topological polar surface area (TPSA) is 106 Å². The Bertz CT molecular complexity index is 1270. The number of aryl methyl sites for hydroxylation is 1. The number of hydrazone groups is 1. The second-order valence-corrected chi connectivity index (χ2v) is 9.24. The van der Waals surface area contributed by atoms with Crippen LogP contribution in [0.3, 0.4) is 0 Å². The van der Waals surface area contributed by atoms with E-state index in [0.717, 1.165) is 64.8 Å². The monoisotopic (exact) mass is 464 g/mol. The van der Waals surface area contributed by atoms with Crippen molar-refractivity contribution in [2.75, 3.05) is 19.4 Å². The van der Waals surface area contributed by atoms with Gasteiger partial charge in [-0.3, -0.25) is 14.4 Å². The van der Waals surface area contributed by atoms with Crippen LogP contribution in [0.1, 0.15) is 45.6 Å².